The van der Waals surface area contributed by atoms with Gasteiger partial charge in [-0.25, -0.2) is 9.82 Å². The first-order chi connectivity index (χ1) is 16.3. The predicted octanol–water partition coefficient (Wildman–Crippen LogP) is 3.53. The Balaban J connectivity index is 1.89. The van der Waals surface area contributed by atoms with E-state index in [0.717, 1.165) is 19.1 Å². The standard InChI is InChI=1S/C23H19F4N5O3/c1-13(33)31-29-10-15-11-32(20-6-4-16(24)7-18(15)20)12-22(2,35)21(34)30-17-5-3-14(9-28)19(8-17)23(25,26)27/h3-8,10-11,35H,12H2,1-2H3,(H,30,34)(H,31,33)/t22-/m0/s1. The number of benzene rings is 2. The van der Waals surface area contributed by atoms with Gasteiger partial charge in [-0.1, -0.05) is 0 Å². The van der Waals surface area contributed by atoms with Crippen LogP contribution >= 0.6 is 0 Å². The minimum atomic E-state index is -4.82. The third-order valence-electron chi connectivity index (χ3n) is 4.97. The van der Waals surface area contributed by atoms with Crippen molar-refractivity contribution < 1.29 is 32.3 Å². The fourth-order valence-electron chi connectivity index (χ4n) is 3.35. The van der Waals surface area contributed by atoms with Crippen molar-refractivity contribution in [3.05, 3.63) is 65.1 Å². The lowest BCUT2D eigenvalue weighted by atomic mass is 10.0. The number of carbonyl (C=O) groups excluding carboxylic acids is 2. The molecule has 8 nitrogen and oxygen atoms in total. The molecule has 0 spiro atoms. The fourth-order valence-corrected chi connectivity index (χ4v) is 3.35. The molecule has 1 atom stereocenters. The number of aliphatic hydroxyl groups is 1. The Bertz CT molecular complexity index is 1370. The molecule has 0 saturated carbocycles. The summed E-state index contributed by atoms with van der Waals surface area (Å²) >= 11 is 0. The molecule has 0 aliphatic heterocycles. The van der Waals surface area contributed by atoms with Crippen LogP contribution in [0.4, 0.5) is 23.2 Å². The van der Waals surface area contributed by atoms with Crippen LogP contribution in [0.3, 0.4) is 0 Å². The minimum absolute atomic E-state index is 0.260. The summed E-state index contributed by atoms with van der Waals surface area (Å²) in [4.78, 5) is 23.8. The number of fused-ring (bicyclic) bond motifs is 1. The van der Waals surface area contributed by atoms with Crippen LogP contribution < -0.4 is 10.7 Å². The zero-order chi connectivity index (χ0) is 26.0. The Hall–Kier alpha value is -4.24. The van der Waals surface area contributed by atoms with Crippen LogP contribution in [0.15, 0.2) is 47.7 Å². The molecule has 0 bridgehead atoms. The van der Waals surface area contributed by atoms with Crippen LogP contribution in [0.25, 0.3) is 10.9 Å². The van der Waals surface area contributed by atoms with Gasteiger partial charge >= 0.3 is 6.18 Å². The van der Waals surface area contributed by atoms with Crippen molar-refractivity contribution in [2.75, 3.05) is 5.32 Å². The quantitative estimate of drug-likeness (QED) is 0.279. The van der Waals surface area contributed by atoms with Crippen LogP contribution in [-0.2, 0) is 22.3 Å². The molecular formula is C23H19F4N5O3. The highest BCUT2D eigenvalue weighted by Crippen LogP contribution is 2.34. The number of aromatic nitrogens is 1. The Morgan fingerprint density at radius 2 is 1.94 bits per heavy atom. The normalized spacial score (nSPS) is 13.4. The zero-order valence-corrected chi connectivity index (χ0v) is 18.4. The first-order valence-corrected chi connectivity index (χ1v) is 10.0. The molecular weight excluding hydrogens is 470 g/mol. The Labute approximate surface area is 196 Å². The summed E-state index contributed by atoms with van der Waals surface area (Å²) < 4.78 is 54.9. The number of alkyl halides is 3. The highest BCUT2D eigenvalue weighted by atomic mass is 19.4. The van der Waals surface area contributed by atoms with Gasteiger partial charge in [-0.15, -0.1) is 0 Å². The van der Waals surface area contributed by atoms with E-state index < -0.39 is 40.5 Å². The number of anilines is 1. The van der Waals surface area contributed by atoms with E-state index in [-0.39, 0.29) is 12.2 Å². The molecule has 0 saturated heterocycles. The van der Waals surface area contributed by atoms with Gasteiger partial charge in [0.05, 0.1) is 30.0 Å². The van der Waals surface area contributed by atoms with Gasteiger partial charge in [0.25, 0.3) is 5.91 Å². The van der Waals surface area contributed by atoms with E-state index in [9.17, 15) is 32.3 Å². The van der Waals surface area contributed by atoms with Crippen LogP contribution in [0, 0.1) is 17.1 Å². The maximum atomic E-state index is 13.8. The van der Waals surface area contributed by atoms with E-state index in [1.165, 1.54) is 48.2 Å². The second-order valence-corrected chi connectivity index (χ2v) is 7.90. The lowest BCUT2D eigenvalue weighted by Crippen LogP contribution is -2.43. The lowest BCUT2D eigenvalue weighted by molar-refractivity contribution is -0.138. The molecule has 182 valence electrons. The molecule has 2 amide bonds. The van der Waals surface area contributed by atoms with E-state index in [1.807, 2.05) is 0 Å². The Morgan fingerprint density at radius 3 is 2.57 bits per heavy atom. The number of hydrogen-bond donors (Lipinski definition) is 3. The number of hydrazone groups is 1. The van der Waals surface area contributed by atoms with Crippen LogP contribution in [0.1, 0.15) is 30.5 Å². The van der Waals surface area contributed by atoms with Crippen LogP contribution in [0.5, 0.6) is 0 Å². The van der Waals surface area contributed by atoms with E-state index in [1.54, 1.807) is 0 Å². The number of hydrogen-bond acceptors (Lipinski definition) is 5. The van der Waals surface area contributed by atoms with Gasteiger partial charge in [-0.05, 0) is 43.3 Å². The molecule has 3 N–H and O–H groups in total. The monoisotopic (exact) mass is 489 g/mol. The van der Waals surface area contributed by atoms with E-state index >= 15 is 0 Å². The first-order valence-electron chi connectivity index (χ1n) is 10.0. The first kappa shape index (κ1) is 25.4. The molecule has 0 fully saturated rings. The van der Waals surface area contributed by atoms with Crippen LogP contribution in [0.2, 0.25) is 0 Å². The highest BCUT2D eigenvalue weighted by molar-refractivity contribution is 6.00. The van der Waals surface area contributed by atoms with Crippen molar-refractivity contribution in [3.63, 3.8) is 0 Å². The molecule has 12 heteroatoms. The van der Waals surface area contributed by atoms with E-state index in [4.69, 9.17) is 5.26 Å². The maximum Gasteiger partial charge on any atom is 0.417 e. The largest absolute Gasteiger partial charge is 0.417 e. The third-order valence-corrected chi connectivity index (χ3v) is 4.97. The summed E-state index contributed by atoms with van der Waals surface area (Å²) in [7, 11) is 0. The average molecular weight is 489 g/mol. The second kappa shape index (κ2) is 9.55. The van der Waals surface area contributed by atoms with E-state index in [0.29, 0.717) is 22.5 Å². The fraction of sp³-hybridized carbons (Fsp3) is 0.217. The summed E-state index contributed by atoms with van der Waals surface area (Å²) in [6.45, 7) is 2.07. The number of nitrogens with one attached hydrogen (secondary N) is 2. The lowest BCUT2D eigenvalue weighted by Gasteiger charge is -2.24. The number of rotatable bonds is 6. The maximum absolute atomic E-state index is 13.8. The number of nitrogens with zero attached hydrogens (tertiary/aromatic N) is 3. The SMILES string of the molecule is CC(=O)NN=Cc1cn(C[C@](C)(O)C(=O)Nc2ccc(C#N)c(C(F)(F)F)c2)c2ccc(F)cc12. The molecule has 0 unspecified atom stereocenters. The summed E-state index contributed by atoms with van der Waals surface area (Å²) in [5, 5.41) is 26.1. The number of halogens is 4. The Kier molecular flexibility index (Phi) is 6.93. The van der Waals surface area contributed by atoms with Crippen molar-refractivity contribution >= 4 is 34.6 Å². The van der Waals surface area contributed by atoms with Crippen molar-refractivity contribution in [2.24, 2.45) is 5.10 Å². The minimum Gasteiger partial charge on any atom is -0.378 e. The smallest absolute Gasteiger partial charge is 0.378 e. The summed E-state index contributed by atoms with van der Waals surface area (Å²) in [5.74, 6) is -1.98. The van der Waals surface area contributed by atoms with Crippen molar-refractivity contribution in [3.8, 4) is 6.07 Å². The van der Waals surface area contributed by atoms with Gasteiger partial charge in [-0.2, -0.15) is 23.5 Å². The van der Waals surface area contributed by atoms with Crippen molar-refractivity contribution in [2.45, 2.75) is 32.2 Å². The molecule has 0 aliphatic rings. The summed E-state index contributed by atoms with van der Waals surface area (Å²) in [6.07, 6.45) is -2.08. The number of amides is 2. The summed E-state index contributed by atoms with van der Waals surface area (Å²) in [5.41, 5.74) is -1.18. The molecule has 1 heterocycles. The molecule has 0 aliphatic carbocycles. The number of nitriles is 1. The number of carbonyl (C=O) groups is 2. The average Bonchev–Trinajstić information content (AvgIpc) is 3.08. The second-order valence-electron chi connectivity index (χ2n) is 7.90. The predicted molar refractivity (Wildman–Crippen MR) is 119 cm³/mol. The highest BCUT2D eigenvalue weighted by Gasteiger charge is 2.35. The molecule has 1 aromatic heterocycles. The summed E-state index contributed by atoms with van der Waals surface area (Å²) in [6, 6.07) is 7.90. The van der Waals surface area contributed by atoms with Gasteiger partial charge in [0.15, 0.2) is 5.60 Å². The van der Waals surface area contributed by atoms with Gasteiger partial charge in [0.2, 0.25) is 5.91 Å². The van der Waals surface area contributed by atoms with Gasteiger partial charge in [-0.3, -0.25) is 9.59 Å². The Morgan fingerprint density at radius 1 is 1.23 bits per heavy atom. The molecule has 0 radical (unpaired) electrons. The van der Waals surface area contributed by atoms with Gasteiger partial charge < -0.3 is 15.0 Å². The molecule has 3 rings (SSSR count). The van der Waals surface area contributed by atoms with Crippen LogP contribution in [-0.4, -0.2) is 33.3 Å². The van der Waals surface area contributed by atoms with Gasteiger partial charge in [0.1, 0.15) is 5.82 Å². The topological polar surface area (TPSA) is 120 Å². The van der Waals surface area contributed by atoms with Gasteiger partial charge in [0, 0.05) is 35.3 Å². The zero-order valence-electron chi connectivity index (χ0n) is 18.4. The van der Waals surface area contributed by atoms with E-state index in [2.05, 4.69) is 15.8 Å². The van der Waals surface area contributed by atoms with Crippen molar-refractivity contribution in [1.29, 1.82) is 5.26 Å². The third kappa shape index (κ3) is 5.82. The van der Waals surface area contributed by atoms with Crippen molar-refractivity contribution in [1.82, 2.24) is 9.99 Å². The molecule has 3 aromatic rings. The molecule has 35 heavy (non-hydrogen) atoms. The molecule has 2 aromatic carbocycles.